The van der Waals surface area contributed by atoms with Crippen molar-refractivity contribution in [3.63, 3.8) is 0 Å². The molecule has 47 heavy (non-hydrogen) atoms. The molecule has 0 saturated heterocycles. The number of furan rings is 2. The third-order valence-corrected chi connectivity index (χ3v) is 9.45. The minimum absolute atomic E-state index is 0.861. The topological polar surface area (TPSA) is 29.5 Å². The summed E-state index contributed by atoms with van der Waals surface area (Å²) in [5.74, 6) is 0. The lowest BCUT2D eigenvalue weighted by atomic mass is 9.98. The monoisotopic (exact) mass is 601 g/mol. The first-order valence-electron chi connectivity index (χ1n) is 15.9. The Bertz CT molecular complexity index is 2820. The van der Waals surface area contributed by atoms with Crippen molar-refractivity contribution < 1.29 is 8.83 Å². The van der Waals surface area contributed by atoms with Crippen LogP contribution in [0.3, 0.4) is 0 Å². The summed E-state index contributed by atoms with van der Waals surface area (Å²) in [7, 11) is 0. The van der Waals surface area contributed by atoms with E-state index in [9.17, 15) is 0 Å². The van der Waals surface area contributed by atoms with Gasteiger partial charge in [-0.25, -0.2) is 0 Å². The molecule has 8 aromatic carbocycles. The molecule has 3 nitrogen and oxygen atoms in total. The molecule has 0 N–H and O–H groups in total. The number of fused-ring (bicyclic) bond motifs is 9. The minimum Gasteiger partial charge on any atom is -0.455 e. The molecule has 0 aliphatic carbocycles. The predicted molar refractivity (Wildman–Crippen MR) is 196 cm³/mol. The van der Waals surface area contributed by atoms with Gasteiger partial charge in [-0.15, -0.1) is 0 Å². The van der Waals surface area contributed by atoms with Gasteiger partial charge in [-0.05, 0) is 58.8 Å². The Balaban J connectivity index is 1.25. The average Bonchev–Trinajstić information content (AvgIpc) is 3.71. The Morgan fingerprint density at radius 3 is 1.85 bits per heavy atom. The van der Waals surface area contributed by atoms with E-state index in [0.29, 0.717) is 0 Å². The summed E-state index contributed by atoms with van der Waals surface area (Å²) < 4.78 is 13.1. The number of benzene rings is 8. The highest BCUT2D eigenvalue weighted by atomic mass is 16.3. The van der Waals surface area contributed by atoms with E-state index in [4.69, 9.17) is 8.83 Å². The van der Waals surface area contributed by atoms with Gasteiger partial charge in [0.1, 0.15) is 16.7 Å². The Kier molecular flexibility index (Phi) is 5.57. The van der Waals surface area contributed by atoms with E-state index in [1.54, 1.807) is 0 Å². The lowest BCUT2D eigenvalue weighted by molar-refractivity contribution is 0.669. The van der Waals surface area contributed by atoms with Gasteiger partial charge in [0.25, 0.3) is 0 Å². The fraction of sp³-hybridized carbons (Fsp3) is 0. The van der Waals surface area contributed by atoms with E-state index < -0.39 is 0 Å². The van der Waals surface area contributed by atoms with Crippen LogP contribution in [0.25, 0.3) is 76.5 Å². The number of nitrogens with zero attached hydrogens (tertiary/aromatic N) is 1. The van der Waals surface area contributed by atoms with Gasteiger partial charge in [-0.3, -0.25) is 0 Å². The predicted octanol–water partition coefficient (Wildman–Crippen LogP) is 12.9. The highest BCUT2D eigenvalue weighted by molar-refractivity contribution is 6.16. The molecule has 0 spiro atoms. The fourth-order valence-electron chi connectivity index (χ4n) is 7.29. The van der Waals surface area contributed by atoms with Crippen molar-refractivity contribution in [2.45, 2.75) is 0 Å². The molecule has 0 atom stereocenters. The lowest BCUT2D eigenvalue weighted by Crippen LogP contribution is -2.12. The normalized spacial score (nSPS) is 11.8. The Labute approximate surface area is 270 Å². The summed E-state index contributed by atoms with van der Waals surface area (Å²) in [6.07, 6.45) is 0. The molecular weight excluding hydrogens is 574 g/mol. The highest BCUT2D eigenvalue weighted by Crippen LogP contribution is 2.47. The maximum absolute atomic E-state index is 6.64. The van der Waals surface area contributed by atoms with Crippen LogP contribution in [0.1, 0.15) is 0 Å². The molecule has 10 rings (SSSR count). The molecule has 3 heteroatoms. The summed E-state index contributed by atoms with van der Waals surface area (Å²) in [5, 5.41) is 9.09. The van der Waals surface area contributed by atoms with Gasteiger partial charge in [-0.2, -0.15) is 0 Å². The summed E-state index contributed by atoms with van der Waals surface area (Å²) in [6, 6.07) is 57.8. The fourth-order valence-corrected chi connectivity index (χ4v) is 7.29. The number of hydrogen-bond donors (Lipinski definition) is 0. The smallest absolute Gasteiger partial charge is 0.159 e. The zero-order valence-electron chi connectivity index (χ0n) is 25.4. The van der Waals surface area contributed by atoms with E-state index in [0.717, 1.165) is 77.5 Å². The Morgan fingerprint density at radius 1 is 0.340 bits per heavy atom. The average molecular weight is 602 g/mol. The summed E-state index contributed by atoms with van der Waals surface area (Å²) in [4.78, 5) is 2.37. The van der Waals surface area contributed by atoms with Crippen LogP contribution in [0.2, 0.25) is 0 Å². The molecule has 0 saturated carbocycles. The molecule has 2 aromatic heterocycles. The Hall–Kier alpha value is -6.32. The van der Waals surface area contributed by atoms with Gasteiger partial charge in [-0.1, -0.05) is 121 Å². The third-order valence-electron chi connectivity index (χ3n) is 9.45. The second kappa shape index (κ2) is 10.1. The van der Waals surface area contributed by atoms with Crippen molar-refractivity contribution >= 4 is 82.5 Å². The maximum atomic E-state index is 6.64. The molecule has 2 heterocycles. The second-order valence-electron chi connectivity index (χ2n) is 12.1. The van der Waals surface area contributed by atoms with E-state index >= 15 is 0 Å². The van der Waals surface area contributed by atoms with Crippen molar-refractivity contribution in [1.82, 2.24) is 0 Å². The largest absolute Gasteiger partial charge is 0.455 e. The van der Waals surface area contributed by atoms with Crippen LogP contribution in [0, 0.1) is 0 Å². The van der Waals surface area contributed by atoms with Crippen LogP contribution in [-0.2, 0) is 0 Å². The standard InChI is InChI=1S/C44H27NO2/c1-3-14-31-28(11-1)13-9-20-39(31)45(40-21-10-18-35-34-17-6-8-22-41(34)47-44(35)40)38-19-7-5-15-32(38)30-24-26-42-37(27-30)36-25-23-29-12-2-4-16-33(29)43(36)46-42/h1-27H. The molecule has 0 radical (unpaired) electrons. The second-order valence-corrected chi connectivity index (χ2v) is 12.1. The molecule has 220 valence electrons. The number of para-hydroxylation sites is 3. The molecule has 0 aliphatic heterocycles. The molecule has 10 aromatic rings. The molecule has 0 amide bonds. The van der Waals surface area contributed by atoms with E-state index in [2.05, 4.69) is 157 Å². The van der Waals surface area contributed by atoms with Crippen molar-refractivity contribution in [3.8, 4) is 11.1 Å². The lowest BCUT2D eigenvalue weighted by Gasteiger charge is -2.29. The minimum atomic E-state index is 0.861. The molecule has 0 bridgehead atoms. The Morgan fingerprint density at radius 2 is 0.936 bits per heavy atom. The van der Waals surface area contributed by atoms with Gasteiger partial charge >= 0.3 is 0 Å². The van der Waals surface area contributed by atoms with E-state index in [-0.39, 0.29) is 0 Å². The van der Waals surface area contributed by atoms with Crippen LogP contribution >= 0.6 is 0 Å². The quantitative estimate of drug-likeness (QED) is 0.201. The van der Waals surface area contributed by atoms with Gasteiger partial charge in [0.05, 0.1) is 17.1 Å². The molecule has 0 fully saturated rings. The van der Waals surface area contributed by atoms with Crippen molar-refractivity contribution in [2.24, 2.45) is 0 Å². The summed E-state index contributed by atoms with van der Waals surface area (Å²) >= 11 is 0. The maximum Gasteiger partial charge on any atom is 0.159 e. The highest BCUT2D eigenvalue weighted by Gasteiger charge is 2.23. The zero-order chi connectivity index (χ0) is 30.9. The number of anilines is 3. The van der Waals surface area contributed by atoms with E-state index in [1.165, 1.54) is 16.2 Å². The molecular formula is C44H27NO2. The van der Waals surface area contributed by atoms with Gasteiger partial charge < -0.3 is 13.7 Å². The van der Waals surface area contributed by atoms with Crippen LogP contribution in [0.4, 0.5) is 17.1 Å². The third kappa shape index (κ3) is 3.93. The number of rotatable bonds is 4. The van der Waals surface area contributed by atoms with Gasteiger partial charge in [0.15, 0.2) is 5.58 Å². The first-order chi connectivity index (χ1) is 23.3. The number of hydrogen-bond acceptors (Lipinski definition) is 3. The van der Waals surface area contributed by atoms with Crippen LogP contribution in [0.15, 0.2) is 173 Å². The molecule has 0 unspecified atom stereocenters. The van der Waals surface area contributed by atoms with Crippen LogP contribution in [-0.4, -0.2) is 0 Å². The van der Waals surface area contributed by atoms with Crippen LogP contribution < -0.4 is 4.90 Å². The SMILES string of the molecule is c1ccc(N(c2cccc3ccccc23)c2cccc3c2oc2ccccc23)c(-c2ccc3oc4c5ccccc5ccc4c3c2)c1. The van der Waals surface area contributed by atoms with E-state index in [1.807, 2.05) is 12.1 Å². The van der Waals surface area contributed by atoms with Gasteiger partial charge in [0, 0.05) is 37.9 Å². The van der Waals surface area contributed by atoms with Gasteiger partial charge in [0.2, 0.25) is 0 Å². The summed E-state index contributed by atoms with van der Waals surface area (Å²) in [6.45, 7) is 0. The summed E-state index contributed by atoms with van der Waals surface area (Å²) in [5.41, 5.74) is 8.93. The van der Waals surface area contributed by atoms with Crippen molar-refractivity contribution in [3.05, 3.63) is 164 Å². The first kappa shape index (κ1) is 26.0. The van der Waals surface area contributed by atoms with Crippen molar-refractivity contribution in [2.75, 3.05) is 4.90 Å². The van der Waals surface area contributed by atoms with Crippen LogP contribution in [0.5, 0.6) is 0 Å². The zero-order valence-corrected chi connectivity index (χ0v) is 25.4. The molecule has 0 aliphatic rings. The first-order valence-corrected chi connectivity index (χ1v) is 15.9. The van der Waals surface area contributed by atoms with Crippen molar-refractivity contribution in [1.29, 1.82) is 0 Å².